The second-order valence-corrected chi connectivity index (χ2v) is 8.15. The first-order valence-electron chi connectivity index (χ1n) is 9.63. The van der Waals surface area contributed by atoms with Gasteiger partial charge in [0, 0.05) is 24.4 Å². The predicted octanol–water partition coefficient (Wildman–Crippen LogP) is 4.32. The third kappa shape index (κ3) is 5.25. The van der Waals surface area contributed by atoms with Crippen LogP contribution in [0.15, 0.2) is 60.7 Å². The van der Waals surface area contributed by atoms with Gasteiger partial charge in [0.2, 0.25) is 6.41 Å². The van der Waals surface area contributed by atoms with E-state index in [1.807, 2.05) is 24.5 Å². The number of benzene rings is 2. The molecule has 2 aromatic rings. The second-order valence-electron chi connectivity index (χ2n) is 7.14. The molecule has 0 aliphatic carbocycles. The molecule has 0 saturated heterocycles. The fourth-order valence-corrected chi connectivity index (χ4v) is 4.63. The fourth-order valence-electron chi connectivity index (χ4n) is 3.51. The number of amides is 1. The molecule has 0 bridgehead atoms. The Balaban J connectivity index is 1.83. The van der Waals surface area contributed by atoms with Gasteiger partial charge in [-0.2, -0.15) is 5.26 Å². The molecule has 0 radical (unpaired) electrons. The van der Waals surface area contributed by atoms with Crippen molar-refractivity contribution in [3.8, 4) is 6.07 Å². The quantitative estimate of drug-likeness (QED) is 0.449. The molecule has 5 nitrogen and oxygen atoms in total. The minimum absolute atomic E-state index is 0.110. The van der Waals surface area contributed by atoms with Crippen LogP contribution in [0.2, 0.25) is 0 Å². The molecule has 1 heterocycles. The number of nitrogens with one attached hydrogen (secondary N) is 2. The summed E-state index contributed by atoms with van der Waals surface area (Å²) in [6.45, 7) is 5.84. The van der Waals surface area contributed by atoms with Gasteiger partial charge < -0.3 is 5.32 Å². The van der Waals surface area contributed by atoms with E-state index >= 15 is 0 Å². The van der Waals surface area contributed by atoms with E-state index in [2.05, 4.69) is 23.4 Å². The molecule has 2 unspecified atom stereocenters. The Labute approximate surface area is 184 Å². The van der Waals surface area contributed by atoms with Gasteiger partial charge in [0.1, 0.15) is 11.6 Å². The molecule has 1 amide bonds. The molecular formula is C23H22F2N4OS. The molecule has 8 heteroatoms. The Morgan fingerprint density at radius 3 is 2.71 bits per heavy atom. The highest BCUT2D eigenvalue weighted by molar-refractivity contribution is 8.03. The molecule has 3 rings (SSSR count). The maximum atomic E-state index is 14.7. The fraction of sp³-hybridized carbons (Fsp3) is 0.217. The van der Waals surface area contributed by atoms with Crippen molar-refractivity contribution in [1.82, 2.24) is 15.8 Å². The molecule has 2 aromatic carbocycles. The molecular weight excluding hydrogens is 418 g/mol. The summed E-state index contributed by atoms with van der Waals surface area (Å²) in [5, 5.41) is 15.7. The monoisotopic (exact) mass is 440 g/mol. The summed E-state index contributed by atoms with van der Waals surface area (Å²) in [5.41, 5.74) is 5.16. The van der Waals surface area contributed by atoms with E-state index in [1.54, 1.807) is 23.9 Å². The Morgan fingerprint density at radius 2 is 2.06 bits per heavy atom. The minimum Gasteiger partial charge on any atom is -0.372 e. The van der Waals surface area contributed by atoms with E-state index in [9.17, 15) is 13.6 Å². The third-order valence-corrected chi connectivity index (χ3v) is 6.47. The van der Waals surface area contributed by atoms with Gasteiger partial charge in [0.25, 0.3) is 0 Å². The van der Waals surface area contributed by atoms with Crippen LogP contribution >= 0.6 is 11.8 Å². The molecule has 1 aliphatic rings. The lowest BCUT2D eigenvalue weighted by Crippen LogP contribution is -2.40. The maximum Gasteiger partial charge on any atom is 0.225 e. The maximum absolute atomic E-state index is 14.7. The number of nitriles is 1. The summed E-state index contributed by atoms with van der Waals surface area (Å²) in [7, 11) is 0. The summed E-state index contributed by atoms with van der Waals surface area (Å²) >= 11 is 1.56. The van der Waals surface area contributed by atoms with Gasteiger partial charge in [-0.25, -0.2) is 8.78 Å². The highest BCUT2D eigenvalue weighted by Crippen LogP contribution is 2.39. The van der Waals surface area contributed by atoms with Crippen molar-refractivity contribution >= 4 is 23.9 Å². The minimum atomic E-state index is -0.523. The van der Waals surface area contributed by atoms with Crippen LogP contribution in [0.1, 0.15) is 29.5 Å². The lowest BCUT2D eigenvalue weighted by Gasteiger charge is -2.33. The van der Waals surface area contributed by atoms with Crippen molar-refractivity contribution in [2.75, 3.05) is 6.54 Å². The van der Waals surface area contributed by atoms with Gasteiger partial charge in [-0.15, -0.1) is 11.8 Å². The lowest BCUT2D eigenvalue weighted by atomic mass is 9.86. The summed E-state index contributed by atoms with van der Waals surface area (Å²) in [6.07, 6.45) is 1.94. The first-order chi connectivity index (χ1) is 15.0. The van der Waals surface area contributed by atoms with E-state index in [-0.39, 0.29) is 23.4 Å². The molecule has 31 heavy (non-hydrogen) atoms. The molecule has 0 saturated carbocycles. The largest absolute Gasteiger partial charge is 0.372 e. The van der Waals surface area contributed by atoms with Gasteiger partial charge in [0.15, 0.2) is 0 Å². The Hall–Kier alpha value is -3.31. The number of halogens is 2. The number of carbonyl (C=O) groups excluding carboxylic acids is 1. The van der Waals surface area contributed by atoms with Crippen LogP contribution in [0.3, 0.4) is 0 Å². The van der Waals surface area contributed by atoms with Crippen LogP contribution in [0.5, 0.6) is 0 Å². The van der Waals surface area contributed by atoms with Crippen molar-refractivity contribution in [3.05, 3.63) is 89.0 Å². The predicted molar refractivity (Wildman–Crippen MR) is 118 cm³/mol. The molecule has 0 spiro atoms. The summed E-state index contributed by atoms with van der Waals surface area (Å²) < 4.78 is 28.6. The van der Waals surface area contributed by atoms with Gasteiger partial charge in [-0.3, -0.25) is 15.2 Å². The first kappa shape index (κ1) is 22.4. The number of rotatable bonds is 9. The smallest absolute Gasteiger partial charge is 0.225 e. The van der Waals surface area contributed by atoms with Crippen LogP contribution in [-0.4, -0.2) is 23.3 Å². The SMILES string of the molecule is C=CN(C[C@H](c1cc(F)ccc1F)C(C)C1NC(c2ccc(C#N)cc2)=CS1)NC=O. The van der Waals surface area contributed by atoms with Crippen LogP contribution < -0.4 is 10.7 Å². The zero-order valence-corrected chi connectivity index (χ0v) is 17.7. The van der Waals surface area contributed by atoms with Crippen LogP contribution in [-0.2, 0) is 4.79 Å². The van der Waals surface area contributed by atoms with E-state index in [0.29, 0.717) is 12.0 Å². The normalized spacial score (nSPS) is 17.0. The number of hydrogen-bond acceptors (Lipinski definition) is 5. The highest BCUT2D eigenvalue weighted by atomic mass is 32.2. The molecule has 0 aromatic heterocycles. The van der Waals surface area contributed by atoms with E-state index in [0.717, 1.165) is 23.4 Å². The highest BCUT2D eigenvalue weighted by Gasteiger charge is 2.33. The Kier molecular flexibility index (Phi) is 7.32. The topological polar surface area (TPSA) is 68.2 Å². The van der Waals surface area contributed by atoms with Crippen molar-refractivity contribution in [1.29, 1.82) is 5.26 Å². The molecule has 2 N–H and O–H groups in total. The van der Waals surface area contributed by atoms with Gasteiger partial charge in [0.05, 0.1) is 17.0 Å². The Morgan fingerprint density at radius 1 is 1.32 bits per heavy atom. The number of nitrogens with zero attached hydrogens (tertiary/aromatic N) is 2. The van der Waals surface area contributed by atoms with Crippen molar-refractivity contribution < 1.29 is 13.6 Å². The molecule has 1 aliphatic heterocycles. The van der Waals surface area contributed by atoms with Gasteiger partial charge >= 0.3 is 0 Å². The lowest BCUT2D eigenvalue weighted by molar-refractivity contribution is -0.112. The van der Waals surface area contributed by atoms with E-state index < -0.39 is 17.6 Å². The summed E-state index contributed by atoms with van der Waals surface area (Å²) in [5.74, 6) is -1.62. The molecule has 160 valence electrons. The van der Waals surface area contributed by atoms with Gasteiger partial charge in [-0.05, 0) is 52.8 Å². The first-order valence-corrected chi connectivity index (χ1v) is 10.6. The van der Waals surface area contributed by atoms with Crippen molar-refractivity contribution in [3.63, 3.8) is 0 Å². The number of thioether (sulfide) groups is 1. The number of hydrazine groups is 1. The van der Waals surface area contributed by atoms with Crippen LogP contribution in [0.25, 0.3) is 5.70 Å². The summed E-state index contributed by atoms with van der Waals surface area (Å²) in [4.78, 5) is 10.9. The average molecular weight is 441 g/mol. The van der Waals surface area contributed by atoms with Crippen LogP contribution in [0.4, 0.5) is 8.78 Å². The Bertz CT molecular complexity index is 1020. The second kappa shape index (κ2) is 10.1. The van der Waals surface area contributed by atoms with Crippen molar-refractivity contribution in [2.45, 2.75) is 18.2 Å². The number of hydrogen-bond donors (Lipinski definition) is 2. The number of carbonyl (C=O) groups is 1. The zero-order valence-electron chi connectivity index (χ0n) is 16.9. The average Bonchev–Trinajstić information content (AvgIpc) is 3.28. The molecule has 0 fully saturated rings. The van der Waals surface area contributed by atoms with Gasteiger partial charge in [-0.1, -0.05) is 25.6 Å². The van der Waals surface area contributed by atoms with Crippen molar-refractivity contribution in [2.24, 2.45) is 5.92 Å². The standard InChI is InChI=1S/C23H22F2N4OS/c1-3-29(27-14-30)12-20(19-10-18(24)8-9-21(19)25)15(2)23-28-22(13-31-23)17-6-4-16(11-26)5-7-17/h3-10,13-15,20,23,28H,1,12H2,2H3,(H,27,30)/t15?,20-,23?/m0/s1. The third-order valence-electron chi connectivity index (χ3n) is 5.26. The summed E-state index contributed by atoms with van der Waals surface area (Å²) in [6, 6.07) is 12.7. The van der Waals surface area contributed by atoms with E-state index in [1.165, 1.54) is 17.3 Å². The molecule has 3 atom stereocenters. The van der Waals surface area contributed by atoms with Crippen LogP contribution in [0, 0.1) is 28.9 Å². The van der Waals surface area contributed by atoms with E-state index in [4.69, 9.17) is 5.26 Å². The zero-order chi connectivity index (χ0) is 22.4.